The van der Waals surface area contributed by atoms with Crippen LogP contribution in [0.25, 0.3) is 22.2 Å². The molecule has 0 unspecified atom stereocenters. The van der Waals surface area contributed by atoms with E-state index in [4.69, 9.17) is 5.21 Å². The summed E-state index contributed by atoms with van der Waals surface area (Å²) in [5.74, 6) is -0.287. The van der Waals surface area contributed by atoms with Gasteiger partial charge in [0.2, 0.25) is 5.91 Å². The molecule has 170 valence electrons. The Balaban J connectivity index is 1.49. The van der Waals surface area contributed by atoms with Crippen molar-refractivity contribution >= 4 is 44.2 Å². The van der Waals surface area contributed by atoms with E-state index in [0.29, 0.717) is 46.6 Å². The van der Waals surface area contributed by atoms with E-state index in [9.17, 15) is 9.18 Å². The summed E-state index contributed by atoms with van der Waals surface area (Å²) in [6.45, 7) is 0.667. The maximum absolute atomic E-state index is 14.3. The van der Waals surface area contributed by atoms with E-state index in [1.165, 1.54) is 12.4 Å². The van der Waals surface area contributed by atoms with Crippen molar-refractivity contribution in [1.29, 1.82) is 0 Å². The molecule has 0 saturated heterocycles. The minimum Gasteiger partial charge on any atom is -0.337 e. The van der Waals surface area contributed by atoms with Crippen LogP contribution in [0.4, 0.5) is 15.9 Å². The van der Waals surface area contributed by atoms with Crippen molar-refractivity contribution < 1.29 is 14.4 Å². The van der Waals surface area contributed by atoms with Gasteiger partial charge in [0, 0.05) is 28.4 Å². The predicted molar refractivity (Wildman–Crippen MR) is 124 cm³/mol. The van der Waals surface area contributed by atoms with Crippen LogP contribution in [0.1, 0.15) is 25.7 Å². The highest BCUT2D eigenvalue weighted by Crippen LogP contribution is 2.29. The highest BCUT2D eigenvalue weighted by atomic mass is 79.9. The molecule has 2 heterocycles. The fourth-order valence-electron chi connectivity index (χ4n) is 3.37. The first kappa shape index (κ1) is 22.7. The molecular formula is C22H21BrFN7O2. The number of rotatable bonds is 9. The second kappa shape index (κ2) is 10.5. The summed E-state index contributed by atoms with van der Waals surface area (Å²) in [5.41, 5.74) is 4.19. The summed E-state index contributed by atoms with van der Waals surface area (Å²) in [4.78, 5) is 19.6. The Hall–Kier alpha value is -3.44. The van der Waals surface area contributed by atoms with Gasteiger partial charge in [-0.25, -0.2) is 19.8 Å². The zero-order valence-corrected chi connectivity index (χ0v) is 19.1. The van der Waals surface area contributed by atoms with Gasteiger partial charge < -0.3 is 5.32 Å². The van der Waals surface area contributed by atoms with E-state index in [0.717, 1.165) is 23.8 Å². The van der Waals surface area contributed by atoms with Crippen LogP contribution in [0.3, 0.4) is 0 Å². The molecule has 11 heteroatoms. The Morgan fingerprint density at radius 1 is 1.12 bits per heavy atom. The largest absolute Gasteiger partial charge is 0.337 e. The topological polar surface area (TPSA) is 118 Å². The highest BCUT2D eigenvalue weighted by molar-refractivity contribution is 9.10. The molecular weight excluding hydrogens is 493 g/mol. The van der Waals surface area contributed by atoms with Crippen LogP contribution in [0.5, 0.6) is 0 Å². The lowest BCUT2D eigenvalue weighted by molar-refractivity contribution is -0.129. The SMILES string of the molecule is O=C(CCCCCn1cc(-c2ccc3ncnc(Nc4ccc(Br)cc4F)c3c2)nn1)NO. The van der Waals surface area contributed by atoms with E-state index < -0.39 is 5.82 Å². The number of halogens is 2. The van der Waals surface area contributed by atoms with E-state index >= 15 is 0 Å². The first-order valence-corrected chi connectivity index (χ1v) is 11.1. The average molecular weight is 514 g/mol. The molecule has 2 aromatic heterocycles. The molecule has 1 amide bonds. The van der Waals surface area contributed by atoms with Crippen LogP contribution < -0.4 is 10.8 Å². The molecule has 0 saturated carbocycles. The smallest absolute Gasteiger partial charge is 0.243 e. The van der Waals surface area contributed by atoms with Crippen LogP contribution in [-0.4, -0.2) is 36.1 Å². The zero-order valence-electron chi connectivity index (χ0n) is 17.5. The first-order valence-electron chi connectivity index (χ1n) is 10.3. The number of fused-ring (bicyclic) bond motifs is 1. The number of aromatic nitrogens is 5. The van der Waals surface area contributed by atoms with Gasteiger partial charge in [0.25, 0.3) is 0 Å². The lowest BCUT2D eigenvalue weighted by Crippen LogP contribution is -2.17. The van der Waals surface area contributed by atoms with Crippen molar-refractivity contribution in [3.8, 4) is 11.3 Å². The summed E-state index contributed by atoms with van der Waals surface area (Å²) in [5, 5.41) is 20.7. The fourth-order valence-corrected chi connectivity index (χ4v) is 3.70. The van der Waals surface area contributed by atoms with Crippen molar-refractivity contribution in [2.45, 2.75) is 32.2 Å². The van der Waals surface area contributed by atoms with Gasteiger partial charge in [0.1, 0.15) is 23.7 Å². The molecule has 3 N–H and O–H groups in total. The number of hydrogen-bond acceptors (Lipinski definition) is 7. The lowest BCUT2D eigenvalue weighted by atomic mass is 10.1. The molecule has 0 fully saturated rings. The second-order valence-electron chi connectivity index (χ2n) is 7.42. The molecule has 4 rings (SSSR count). The third-order valence-electron chi connectivity index (χ3n) is 5.07. The number of unbranched alkanes of at least 4 members (excludes halogenated alkanes) is 2. The van der Waals surface area contributed by atoms with Crippen molar-refractivity contribution in [1.82, 2.24) is 30.4 Å². The van der Waals surface area contributed by atoms with Crippen molar-refractivity contribution in [2.24, 2.45) is 0 Å². The Labute approximate surface area is 197 Å². The van der Waals surface area contributed by atoms with E-state index in [2.05, 4.69) is 41.5 Å². The van der Waals surface area contributed by atoms with Gasteiger partial charge in [0.05, 0.1) is 17.4 Å². The Kier molecular flexibility index (Phi) is 7.20. The number of carbonyl (C=O) groups is 1. The van der Waals surface area contributed by atoms with Gasteiger partial charge in [0.15, 0.2) is 0 Å². The number of anilines is 2. The fraction of sp³-hybridized carbons (Fsp3) is 0.227. The number of nitrogens with zero attached hydrogens (tertiary/aromatic N) is 5. The lowest BCUT2D eigenvalue weighted by Gasteiger charge is -2.10. The number of aryl methyl sites for hydroxylation is 1. The first-order chi connectivity index (χ1) is 16.0. The third-order valence-corrected chi connectivity index (χ3v) is 5.56. The summed E-state index contributed by atoms with van der Waals surface area (Å²) in [6, 6.07) is 10.4. The van der Waals surface area contributed by atoms with Gasteiger partial charge in [-0.05, 0) is 43.2 Å². The Morgan fingerprint density at radius 2 is 2.00 bits per heavy atom. The van der Waals surface area contributed by atoms with Crippen LogP contribution in [0, 0.1) is 5.82 Å². The van der Waals surface area contributed by atoms with E-state index in [-0.39, 0.29) is 5.91 Å². The molecule has 0 atom stereocenters. The van der Waals surface area contributed by atoms with Crippen LogP contribution in [-0.2, 0) is 11.3 Å². The van der Waals surface area contributed by atoms with E-state index in [1.807, 2.05) is 24.4 Å². The predicted octanol–water partition coefficient (Wildman–Crippen LogP) is 4.60. The van der Waals surface area contributed by atoms with Crippen LogP contribution >= 0.6 is 15.9 Å². The summed E-state index contributed by atoms with van der Waals surface area (Å²) in [7, 11) is 0. The van der Waals surface area contributed by atoms with Gasteiger partial charge in [-0.2, -0.15) is 0 Å². The number of carbonyl (C=O) groups excluding carboxylic acids is 1. The molecule has 4 aromatic rings. The average Bonchev–Trinajstić information content (AvgIpc) is 3.29. The van der Waals surface area contributed by atoms with E-state index in [1.54, 1.807) is 22.3 Å². The molecule has 0 radical (unpaired) electrons. The molecule has 33 heavy (non-hydrogen) atoms. The molecule has 0 aliphatic heterocycles. The molecule has 0 bridgehead atoms. The van der Waals surface area contributed by atoms with Crippen LogP contribution in [0.15, 0.2) is 53.4 Å². The summed E-state index contributed by atoms with van der Waals surface area (Å²) in [6.07, 6.45) is 5.93. The summed E-state index contributed by atoms with van der Waals surface area (Å²) >= 11 is 3.26. The minimum atomic E-state index is -0.396. The molecule has 9 nitrogen and oxygen atoms in total. The molecule has 0 aliphatic carbocycles. The van der Waals surface area contributed by atoms with Crippen molar-refractivity contribution in [3.63, 3.8) is 0 Å². The highest BCUT2D eigenvalue weighted by Gasteiger charge is 2.11. The van der Waals surface area contributed by atoms with Gasteiger partial charge in [-0.15, -0.1) is 5.10 Å². The normalized spacial score (nSPS) is 11.0. The molecule has 0 spiro atoms. The minimum absolute atomic E-state index is 0.290. The number of hydrogen-bond donors (Lipinski definition) is 3. The third kappa shape index (κ3) is 5.68. The Morgan fingerprint density at radius 3 is 2.82 bits per heavy atom. The quantitative estimate of drug-likeness (QED) is 0.170. The Bertz CT molecular complexity index is 1280. The molecule has 0 aliphatic rings. The monoisotopic (exact) mass is 513 g/mol. The van der Waals surface area contributed by atoms with Gasteiger partial charge in [-0.3, -0.25) is 14.7 Å². The number of benzene rings is 2. The standard InChI is InChI=1S/C22H21BrFN7O2/c23-15-6-8-19(17(24)11-15)27-22-16-10-14(5-7-18(16)25-13-26-22)20-12-31(30-28-20)9-3-1-2-4-21(32)29-33/h5-8,10-13,33H,1-4,9H2,(H,29,32)(H,25,26,27). The number of nitrogens with one attached hydrogen (secondary N) is 2. The number of hydroxylamine groups is 1. The molecule has 2 aromatic carbocycles. The van der Waals surface area contributed by atoms with Crippen molar-refractivity contribution in [3.05, 3.63) is 59.2 Å². The van der Waals surface area contributed by atoms with Crippen molar-refractivity contribution in [2.75, 3.05) is 5.32 Å². The van der Waals surface area contributed by atoms with Gasteiger partial charge >= 0.3 is 0 Å². The number of amides is 1. The maximum atomic E-state index is 14.3. The second-order valence-corrected chi connectivity index (χ2v) is 8.33. The summed E-state index contributed by atoms with van der Waals surface area (Å²) < 4.78 is 16.7. The van der Waals surface area contributed by atoms with Gasteiger partial charge in [-0.1, -0.05) is 33.6 Å². The van der Waals surface area contributed by atoms with Crippen LogP contribution in [0.2, 0.25) is 0 Å². The zero-order chi connectivity index (χ0) is 23.2. The maximum Gasteiger partial charge on any atom is 0.243 e.